The molecule has 0 amide bonds. The van der Waals surface area contributed by atoms with Crippen LogP contribution in [0.1, 0.15) is 31.0 Å². The van der Waals surface area contributed by atoms with Gasteiger partial charge in [-0.2, -0.15) is 0 Å². The van der Waals surface area contributed by atoms with Gasteiger partial charge in [-0.15, -0.1) is 10.2 Å². The highest BCUT2D eigenvalue weighted by molar-refractivity contribution is 8.00. The second-order valence-electron chi connectivity index (χ2n) is 7.36. The lowest BCUT2D eigenvalue weighted by atomic mass is 10.1. The Morgan fingerprint density at radius 1 is 1.06 bits per heavy atom. The zero-order valence-corrected chi connectivity index (χ0v) is 19.9. The van der Waals surface area contributed by atoms with Gasteiger partial charge in [0.05, 0.1) is 15.9 Å². The summed E-state index contributed by atoms with van der Waals surface area (Å²) >= 11 is 4.57. The van der Waals surface area contributed by atoms with Gasteiger partial charge in [0.15, 0.2) is 9.30 Å². The quantitative estimate of drug-likeness (QED) is 0.270. The lowest BCUT2D eigenvalue weighted by Crippen LogP contribution is -2.13. The van der Waals surface area contributed by atoms with Crippen LogP contribution in [0.3, 0.4) is 0 Å². The van der Waals surface area contributed by atoms with Crippen molar-refractivity contribution in [2.24, 2.45) is 0 Å². The first-order valence-electron chi connectivity index (χ1n) is 10.4. The Bertz CT molecular complexity index is 1420. The zero-order valence-electron chi connectivity index (χ0n) is 17.4. The van der Waals surface area contributed by atoms with Crippen molar-refractivity contribution in [3.8, 4) is 0 Å². The molecular formula is C23H21N5OS3. The van der Waals surface area contributed by atoms with E-state index in [1.54, 1.807) is 10.5 Å². The molecule has 162 valence electrons. The Kier molecular flexibility index (Phi) is 6.20. The van der Waals surface area contributed by atoms with Crippen LogP contribution in [0.15, 0.2) is 63.7 Å². The normalized spacial score (nSPS) is 11.4. The number of hydrogen-bond acceptors (Lipinski definition) is 8. The van der Waals surface area contributed by atoms with Crippen LogP contribution in [0.4, 0.5) is 10.8 Å². The van der Waals surface area contributed by atoms with E-state index in [0.29, 0.717) is 5.75 Å². The highest BCUT2D eigenvalue weighted by Gasteiger charge is 2.11. The fourth-order valence-corrected chi connectivity index (χ4v) is 6.12. The lowest BCUT2D eigenvalue weighted by molar-refractivity contribution is 0.795. The van der Waals surface area contributed by atoms with Crippen molar-refractivity contribution in [2.45, 2.75) is 36.3 Å². The Morgan fingerprint density at radius 3 is 2.75 bits per heavy atom. The third kappa shape index (κ3) is 4.55. The Morgan fingerprint density at radius 2 is 1.91 bits per heavy atom. The van der Waals surface area contributed by atoms with Crippen LogP contribution in [0, 0.1) is 0 Å². The Balaban J connectivity index is 1.25. The van der Waals surface area contributed by atoms with Crippen molar-refractivity contribution in [3.05, 3.63) is 76.2 Å². The minimum atomic E-state index is -0.0509. The SMILES string of the molecule is CCCCc1ccc(Nc2nnc(SCc3cc(=O)n4c(n3)sc3ccccc34)s2)cc1. The van der Waals surface area contributed by atoms with Gasteiger partial charge in [-0.3, -0.25) is 9.20 Å². The first-order valence-corrected chi connectivity index (χ1v) is 13.0. The molecule has 0 spiro atoms. The van der Waals surface area contributed by atoms with E-state index in [-0.39, 0.29) is 5.56 Å². The van der Waals surface area contributed by atoms with Crippen LogP contribution < -0.4 is 10.9 Å². The Hall–Kier alpha value is -2.75. The second kappa shape index (κ2) is 9.40. The van der Waals surface area contributed by atoms with Gasteiger partial charge >= 0.3 is 0 Å². The molecule has 0 aliphatic heterocycles. The van der Waals surface area contributed by atoms with Gasteiger partial charge < -0.3 is 5.32 Å². The largest absolute Gasteiger partial charge is 0.330 e. The fraction of sp³-hybridized carbons (Fsp3) is 0.217. The maximum Gasteiger partial charge on any atom is 0.259 e. The van der Waals surface area contributed by atoms with E-state index in [2.05, 4.69) is 46.7 Å². The third-order valence-corrected chi connectivity index (χ3v) is 8.05. The van der Waals surface area contributed by atoms with E-state index >= 15 is 0 Å². The number of anilines is 2. The summed E-state index contributed by atoms with van der Waals surface area (Å²) in [6, 6.07) is 18.0. The van der Waals surface area contributed by atoms with Gasteiger partial charge in [0.25, 0.3) is 5.56 Å². The molecule has 2 aromatic carbocycles. The van der Waals surface area contributed by atoms with Crippen LogP contribution in [0.2, 0.25) is 0 Å². The van der Waals surface area contributed by atoms with E-state index < -0.39 is 0 Å². The van der Waals surface area contributed by atoms with Crippen LogP contribution in [0.25, 0.3) is 15.2 Å². The number of aryl methyl sites for hydroxylation is 1. The highest BCUT2D eigenvalue weighted by Crippen LogP contribution is 2.30. The molecule has 0 saturated carbocycles. The van der Waals surface area contributed by atoms with Crippen LogP contribution in [-0.4, -0.2) is 19.6 Å². The molecule has 0 unspecified atom stereocenters. The monoisotopic (exact) mass is 479 g/mol. The van der Waals surface area contributed by atoms with Crippen molar-refractivity contribution >= 4 is 60.4 Å². The van der Waals surface area contributed by atoms with Gasteiger partial charge in [-0.25, -0.2) is 4.98 Å². The van der Waals surface area contributed by atoms with E-state index in [4.69, 9.17) is 4.98 Å². The minimum Gasteiger partial charge on any atom is -0.330 e. The molecule has 5 rings (SSSR count). The molecule has 0 fully saturated rings. The van der Waals surface area contributed by atoms with Crippen LogP contribution in [-0.2, 0) is 12.2 Å². The summed E-state index contributed by atoms with van der Waals surface area (Å²) in [6.45, 7) is 2.21. The first kappa shape index (κ1) is 21.1. The van der Waals surface area contributed by atoms with Crippen molar-refractivity contribution in [1.29, 1.82) is 0 Å². The number of nitrogens with zero attached hydrogens (tertiary/aromatic N) is 4. The number of unbranched alkanes of at least 4 members (excludes halogenated alkanes) is 1. The summed E-state index contributed by atoms with van der Waals surface area (Å²) in [7, 11) is 0. The van der Waals surface area contributed by atoms with Crippen molar-refractivity contribution in [3.63, 3.8) is 0 Å². The molecule has 32 heavy (non-hydrogen) atoms. The predicted molar refractivity (Wildman–Crippen MR) is 135 cm³/mol. The molecule has 6 nitrogen and oxygen atoms in total. The molecule has 5 aromatic rings. The summed E-state index contributed by atoms with van der Waals surface area (Å²) in [6.07, 6.45) is 3.52. The Labute approximate surface area is 197 Å². The summed E-state index contributed by atoms with van der Waals surface area (Å²) in [5.74, 6) is 0.570. The minimum absolute atomic E-state index is 0.0509. The van der Waals surface area contributed by atoms with Gasteiger partial charge in [0.2, 0.25) is 5.13 Å². The van der Waals surface area contributed by atoms with Crippen molar-refractivity contribution < 1.29 is 0 Å². The molecule has 3 aromatic heterocycles. The van der Waals surface area contributed by atoms with Crippen molar-refractivity contribution in [1.82, 2.24) is 19.6 Å². The number of thiazole rings is 1. The summed E-state index contributed by atoms with van der Waals surface area (Å²) in [4.78, 5) is 18.1. The first-order chi connectivity index (χ1) is 15.7. The predicted octanol–water partition coefficient (Wildman–Crippen LogP) is 6.14. The molecule has 1 N–H and O–H groups in total. The lowest BCUT2D eigenvalue weighted by Gasteiger charge is -2.04. The van der Waals surface area contributed by atoms with E-state index in [1.807, 2.05) is 24.3 Å². The van der Waals surface area contributed by atoms with E-state index in [9.17, 15) is 4.79 Å². The summed E-state index contributed by atoms with van der Waals surface area (Å²) < 4.78 is 3.57. The number of aromatic nitrogens is 4. The molecule has 0 bridgehead atoms. The van der Waals surface area contributed by atoms with Gasteiger partial charge in [-0.1, -0.05) is 72.0 Å². The second-order valence-corrected chi connectivity index (χ2v) is 10.6. The number of nitrogens with one attached hydrogen (secondary N) is 1. The van der Waals surface area contributed by atoms with E-state index in [0.717, 1.165) is 42.5 Å². The number of rotatable bonds is 8. The maximum absolute atomic E-state index is 12.7. The van der Waals surface area contributed by atoms with Gasteiger partial charge in [0.1, 0.15) is 0 Å². The van der Waals surface area contributed by atoms with Crippen LogP contribution >= 0.6 is 34.4 Å². The maximum atomic E-state index is 12.7. The van der Waals surface area contributed by atoms with Gasteiger partial charge in [0, 0.05) is 17.5 Å². The zero-order chi connectivity index (χ0) is 21.9. The summed E-state index contributed by atoms with van der Waals surface area (Å²) in [5.41, 5.74) is 3.96. The standard InChI is InChI=1S/C23H21N5OS3/c1-2-3-6-15-9-11-16(12-10-15)24-21-26-27-23(32-21)30-14-17-13-20(29)28-18-7-4-5-8-19(18)31-22(28)25-17/h4-5,7-13H,2-3,6,14H2,1H3,(H,24,26). The van der Waals surface area contributed by atoms with Crippen molar-refractivity contribution in [2.75, 3.05) is 5.32 Å². The molecule has 9 heteroatoms. The average molecular weight is 480 g/mol. The number of thioether (sulfide) groups is 1. The molecule has 0 aliphatic rings. The number of para-hydroxylation sites is 1. The molecule has 0 radical (unpaired) electrons. The van der Waals surface area contributed by atoms with Crippen LogP contribution in [0.5, 0.6) is 0 Å². The van der Waals surface area contributed by atoms with Gasteiger partial charge in [-0.05, 0) is 42.7 Å². The molecule has 0 aliphatic carbocycles. The third-order valence-electron chi connectivity index (χ3n) is 5.02. The topological polar surface area (TPSA) is 72.2 Å². The van der Waals surface area contributed by atoms with E-state index in [1.165, 1.54) is 52.8 Å². The molecule has 0 saturated heterocycles. The number of benzene rings is 2. The smallest absolute Gasteiger partial charge is 0.259 e. The number of hydrogen-bond donors (Lipinski definition) is 1. The fourth-order valence-electron chi connectivity index (χ4n) is 3.41. The molecule has 0 atom stereocenters. The highest BCUT2D eigenvalue weighted by atomic mass is 32.2. The average Bonchev–Trinajstić information content (AvgIpc) is 3.41. The summed E-state index contributed by atoms with van der Waals surface area (Å²) in [5, 5.41) is 12.6. The number of fused-ring (bicyclic) bond motifs is 3. The molecule has 3 heterocycles. The molecular weight excluding hydrogens is 458 g/mol.